The maximum Gasteiger partial charge on any atom is 0.324 e. The van der Waals surface area contributed by atoms with E-state index in [1.807, 2.05) is 19.2 Å². The molecule has 2 atom stereocenters. The molecule has 1 aliphatic heterocycles. The molecule has 4 amide bonds. The van der Waals surface area contributed by atoms with E-state index in [9.17, 15) is 24.3 Å². The Morgan fingerprint density at radius 3 is 2.47 bits per heavy atom. The maximum atomic E-state index is 13.1. The Hall–Kier alpha value is -4.78. The lowest BCUT2D eigenvalue weighted by Crippen LogP contribution is -2.48. The number of carbonyl (C=O) groups excluding carboxylic acids is 3. The number of rotatable bonds is 13. The number of fused-ring (bicyclic) bond motifs is 1. The molecule has 0 bridgehead atoms. The standard InChI is InChI=1S/C30H33N5O7S/c1-18-3-10-26(31-15-18)35-30(40)33-21-7-4-19(5-8-21)13-27(36)34-23(11-12-43-2)28(37)32-16-22(29(38)39)20-6-9-24-25(14-20)42-17-41-24/h3-10,14-15,22-23H,11-13,16-17H2,1-2H3,(H,32,37)(H,34,36)(H,38,39)(H2,31,33,35,40)/t22?,23-/m0/s1. The van der Waals surface area contributed by atoms with Crippen molar-refractivity contribution in [1.82, 2.24) is 15.6 Å². The first-order valence-electron chi connectivity index (χ1n) is 13.5. The molecule has 0 aliphatic carbocycles. The number of ether oxygens (including phenoxy) is 2. The highest BCUT2D eigenvalue weighted by atomic mass is 32.2. The number of pyridine rings is 1. The number of urea groups is 1. The van der Waals surface area contributed by atoms with Gasteiger partial charge in [0, 0.05) is 18.4 Å². The number of benzene rings is 2. The molecule has 12 nitrogen and oxygen atoms in total. The van der Waals surface area contributed by atoms with Gasteiger partial charge in [0.15, 0.2) is 11.5 Å². The molecule has 2 aromatic carbocycles. The van der Waals surface area contributed by atoms with Gasteiger partial charge in [-0.1, -0.05) is 24.3 Å². The van der Waals surface area contributed by atoms with E-state index in [0.717, 1.165) is 5.56 Å². The van der Waals surface area contributed by atoms with Gasteiger partial charge in [0.2, 0.25) is 18.6 Å². The van der Waals surface area contributed by atoms with E-state index in [4.69, 9.17) is 9.47 Å². The Labute approximate surface area is 252 Å². The molecule has 0 spiro atoms. The zero-order valence-electron chi connectivity index (χ0n) is 23.7. The lowest BCUT2D eigenvalue weighted by molar-refractivity contribution is -0.139. The topological polar surface area (TPSA) is 168 Å². The second-order valence-corrected chi connectivity index (χ2v) is 10.8. The fraction of sp³-hybridized carbons (Fsp3) is 0.300. The van der Waals surface area contributed by atoms with E-state index in [2.05, 4.69) is 26.3 Å². The smallest absolute Gasteiger partial charge is 0.324 e. The first-order chi connectivity index (χ1) is 20.7. The Balaban J connectivity index is 1.30. The third-order valence-electron chi connectivity index (χ3n) is 6.57. The number of aliphatic carboxylic acids is 1. The molecule has 0 saturated heterocycles. The third-order valence-corrected chi connectivity index (χ3v) is 7.21. The largest absolute Gasteiger partial charge is 0.481 e. The van der Waals surface area contributed by atoms with Crippen LogP contribution in [-0.4, -0.2) is 65.3 Å². The minimum Gasteiger partial charge on any atom is -0.481 e. The van der Waals surface area contributed by atoms with E-state index < -0.39 is 29.9 Å². The number of nitrogens with one attached hydrogen (secondary N) is 4. The highest BCUT2D eigenvalue weighted by molar-refractivity contribution is 7.98. The summed E-state index contributed by atoms with van der Waals surface area (Å²) in [6.45, 7) is 1.80. The first-order valence-corrected chi connectivity index (χ1v) is 14.9. The van der Waals surface area contributed by atoms with Crippen molar-refractivity contribution >= 4 is 47.1 Å². The molecule has 0 saturated carbocycles. The molecular formula is C30H33N5O7S. The molecule has 1 unspecified atom stereocenters. The average Bonchev–Trinajstić information content (AvgIpc) is 3.45. The van der Waals surface area contributed by atoms with Crippen LogP contribution in [0.25, 0.3) is 0 Å². The van der Waals surface area contributed by atoms with Crippen molar-refractivity contribution in [2.24, 2.45) is 0 Å². The number of amides is 4. The van der Waals surface area contributed by atoms with Crippen LogP contribution >= 0.6 is 11.8 Å². The van der Waals surface area contributed by atoms with Crippen LogP contribution < -0.4 is 30.7 Å². The number of aryl methyl sites for hydroxylation is 1. The van der Waals surface area contributed by atoms with Gasteiger partial charge in [-0.15, -0.1) is 0 Å². The van der Waals surface area contributed by atoms with E-state index in [1.165, 1.54) is 11.8 Å². The van der Waals surface area contributed by atoms with Crippen LogP contribution in [0.1, 0.15) is 29.0 Å². The molecule has 1 aromatic heterocycles. The summed E-state index contributed by atoms with van der Waals surface area (Å²) < 4.78 is 10.6. The highest BCUT2D eigenvalue weighted by Crippen LogP contribution is 2.34. The van der Waals surface area contributed by atoms with Gasteiger partial charge in [-0.25, -0.2) is 9.78 Å². The number of carboxylic acids is 1. The molecule has 2 heterocycles. The van der Waals surface area contributed by atoms with E-state index in [1.54, 1.807) is 54.7 Å². The number of hydrogen-bond acceptors (Lipinski definition) is 8. The van der Waals surface area contributed by atoms with Crippen LogP contribution in [0.2, 0.25) is 0 Å². The van der Waals surface area contributed by atoms with Crippen molar-refractivity contribution in [3.05, 3.63) is 77.5 Å². The van der Waals surface area contributed by atoms with Crippen molar-refractivity contribution in [3.63, 3.8) is 0 Å². The molecule has 4 rings (SSSR count). The van der Waals surface area contributed by atoms with Crippen LogP contribution in [0.5, 0.6) is 11.5 Å². The van der Waals surface area contributed by atoms with Gasteiger partial charge < -0.3 is 30.5 Å². The number of carbonyl (C=O) groups is 4. The lowest BCUT2D eigenvalue weighted by Gasteiger charge is -2.20. The predicted octanol–water partition coefficient (Wildman–Crippen LogP) is 3.53. The minimum absolute atomic E-state index is 0.0117. The number of carboxylic acid groups (broad SMARTS) is 1. The lowest BCUT2D eigenvalue weighted by atomic mass is 9.98. The zero-order chi connectivity index (χ0) is 30.8. The number of aromatic nitrogens is 1. The third kappa shape index (κ3) is 9.10. The van der Waals surface area contributed by atoms with E-state index >= 15 is 0 Å². The molecule has 43 heavy (non-hydrogen) atoms. The van der Waals surface area contributed by atoms with Gasteiger partial charge >= 0.3 is 12.0 Å². The summed E-state index contributed by atoms with van der Waals surface area (Å²) in [6, 6.07) is 13.9. The Morgan fingerprint density at radius 2 is 1.77 bits per heavy atom. The average molecular weight is 608 g/mol. The van der Waals surface area contributed by atoms with Crippen LogP contribution in [0, 0.1) is 6.92 Å². The number of nitrogens with zero attached hydrogens (tertiary/aromatic N) is 1. The summed E-state index contributed by atoms with van der Waals surface area (Å²) in [6.07, 6.45) is 3.93. The zero-order valence-corrected chi connectivity index (χ0v) is 24.5. The van der Waals surface area contributed by atoms with Crippen molar-refractivity contribution in [2.45, 2.75) is 31.7 Å². The van der Waals surface area contributed by atoms with Gasteiger partial charge in [-0.3, -0.25) is 19.7 Å². The number of thioether (sulfide) groups is 1. The first kappa shape index (κ1) is 31.2. The van der Waals surface area contributed by atoms with Gasteiger partial charge in [-0.05, 0) is 72.4 Å². The van der Waals surface area contributed by atoms with Crippen molar-refractivity contribution in [3.8, 4) is 11.5 Å². The summed E-state index contributed by atoms with van der Waals surface area (Å²) in [5.74, 6) is -0.940. The minimum atomic E-state index is -1.11. The predicted molar refractivity (Wildman–Crippen MR) is 163 cm³/mol. The van der Waals surface area contributed by atoms with Gasteiger partial charge in [0.05, 0.1) is 12.3 Å². The highest BCUT2D eigenvalue weighted by Gasteiger charge is 2.26. The molecule has 226 valence electrons. The maximum absolute atomic E-state index is 13.1. The van der Waals surface area contributed by atoms with Crippen LogP contribution in [-0.2, 0) is 20.8 Å². The Morgan fingerprint density at radius 1 is 1.00 bits per heavy atom. The molecule has 1 aliphatic rings. The second kappa shape index (κ2) is 14.9. The van der Waals surface area contributed by atoms with Crippen molar-refractivity contribution in [1.29, 1.82) is 0 Å². The van der Waals surface area contributed by atoms with Crippen LogP contribution in [0.3, 0.4) is 0 Å². The second-order valence-electron chi connectivity index (χ2n) is 9.82. The summed E-state index contributed by atoms with van der Waals surface area (Å²) in [7, 11) is 0. The summed E-state index contributed by atoms with van der Waals surface area (Å²) in [5.41, 5.74) is 2.65. The number of anilines is 2. The summed E-state index contributed by atoms with van der Waals surface area (Å²) >= 11 is 1.53. The Bertz CT molecular complexity index is 1450. The van der Waals surface area contributed by atoms with Gasteiger partial charge in [-0.2, -0.15) is 11.8 Å². The molecule has 0 radical (unpaired) electrons. The van der Waals surface area contributed by atoms with Crippen LogP contribution in [0.15, 0.2) is 60.8 Å². The summed E-state index contributed by atoms with van der Waals surface area (Å²) in [5, 5.41) is 20.6. The molecule has 3 aromatic rings. The summed E-state index contributed by atoms with van der Waals surface area (Å²) in [4.78, 5) is 54.3. The van der Waals surface area contributed by atoms with Crippen molar-refractivity contribution in [2.75, 3.05) is 36.0 Å². The molecule has 0 fully saturated rings. The fourth-order valence-corrected chi connectivity index (χ4v) is 4.74. The van der Waals surface area contributed by atoms with Crippen LogP contribution in [0.4, 0.5) is 16.3 Å². The quantitative estimate of drug-likeness (QED) is 0.195. The molecular weight excluding hydrogens is 574 g/mol. The van der Waals surface area contributed by atoms with Gasteiger partial charge in [0.1, 0.15) is 11.9 Å². The van der Waals surface area contributed by atoms with Gasteiger partial charge in [0.25, 0.3) is 0 Å². The molecule has 5 N–H and O–H groups in total. The normalized spacial score (nSPS) is 13.0. The Kier molecular flexibility index (Phi) is 10.8. The monoisotopic (exact) mass is 607 g/mol. The SMILES string of the molecule is CSCC[C@H](NC(=O)Cc1ccc(NC(=O)Nc2ccc(C)cn2)cc1)C(=O)NCC(C(=O)O)c1ccc2c(c1)OCO2. The number of hydrogen-bond donors (Lipinski definition) is 5. The molecule has 13 heteroatoms. The fourth-order valence-electron chi connectivity index (χ4n) is 4.27. The van der Waals surface area contributed by atoms with E-state index in [-0.39, 0.29) is 25.7 Å². The van der Waals surface area contributed by atoms with E-state index in [0.29, 0.717) is 46.3 Å². The van der Waals surface area contributed by atoms with Crippen molar-refractivity contribution < 1.29 is 33.8 Å².